The molecule has 0 unspecified atom stereocenters. The lowest BCUT2D eigenvalue weighted by Crippen LogP contribution is -2.10. The number of benzene rings is 9. The number of anilines is 3. The van der Waals surface area contributed by atoms with Gasteiger partial charge in [-0.15, -0.1) is 0 Å². The summed E-state index contributed by atoms with van der Waals surface area (Å²) >= 11 is 0. The zero-order chi connectivity index (χ0) is 35.8. The highest BCUT2D eigenvalue weighted by Gasteiger charge is 2.16. The molecule has 10 aromatic rings. The first-order chi connectivity index (χ1) is 26.8. The lowest BCUT2D eigenvalue weighted by atomic mass is 10.0. The van der Waals surface area contributed by atoms with Crippen LogP contribution in [-0.2, 0) is 0 Å². The van der Waals surface area contributed by atoms with Gasteiger partial charge in [0.2, 0.25) is 0 Å². The number of hydrogen-bond donors (Lipinski definition) is 0. The van der Waals surface area contributed by atoms with Crippen molar-refractivity contribution >= 4 is 49.6 Å². The van der Waals surface area contributed by atoms with Crippen LogP contribution >= 0.6 is 0 Å². The van der Waals surface area contributed by atoms with E-state index >= 15 is 0 Å². The van der Waals surface area contributed by atoms with Crippen molar-refractivity contribution in [3.8, 4) is 39.1 Å². The second-order valence-electron chi connectivity index (χ2n) is 13.8. The molecule has 0 atom stereocenters. The average molecular weight is 689 g/mol. The van der Waals surface area contributed by atoms with Crippen molar-refractivity contribution in [2.24, 2.45) is 0 Å². The van der Waals surface area contributed by atoms with Crippen LogP contribution in [0.5, 0.6) is 0 Å². The molecule has 0 bridgehead atoms. The van der Waals surface area contributed by atoms with Gasteiger partial charge in [-0.3, -0.25) is 0 Å². The van der Waals surface area contributed by atoms with Gasteiger partial charge in [-0.1, -0.05) is 164 Å². The summed E-state index contributed by atoms with van der Waals surface area (Å²) in [6.45, 7) is 0. The second kappa shape index (κ2) is 13.4. The Labute approximate surface area is 315 Å². The summed E-state index contributed by atoms with van der Waals surface area (Å²) in [6.07, 6.45) is 0. The number of nitrogens with zero attached hydrogens (tertiary/aromatic N) is 2. The van der Waals surface area contributed by atoms with Crippen LogP contribution in [0.2, 0.25) is 0 Å². The van der Waals surface area contributed by atoms with Crippen molar-refractivity contribution in [1.29, 1.82) is 0 Å². The average Bonchev–Trinajstić information content (AvgIpc) is 3.60. The summed E-state index contributed by atoms with van der Waals surface area (Å²) in [5.74, 6) is 0. The Balaban J connectivity index is 1.02. The number of para-hydroxylation sites is 1. The van der Waals surface area contributed by atoms with E-state index in [1.165, 1.54) is 66.0 Å². The number of rotatable bonds is 7. The minimum atomic E-state index is 1.10. The SMILES string of the molecule is c1ccc(-c2ccc(N(c3ccc(-c4ccc(-n5c6ccccc6c6ccc7ccccc7c65)cc4)cc3)c3cccc(-c4ccccc4)c3)cc2)cc1. The maximum absolute atomic E-state index is 2.42. The minimum Gasteiger partial charge on any atom is -0.310 e. The first-order valence-electron chi connectivity index (χ1n) is 18.5. The molecule has 254 valence electrons. The molecule has 0 N–H and O–H groups in total. The van der Waals surface area contributed by atoms with Crippen LogP contribution in [0.25, 0.3) is 71.6 Å². The van der Waals surface area contributed by atoms with Crippen molar-refractivity contribution in [1.82, 2.24) is 4.57 Å². The molecule has 54 heavy (non-hydrogen) atoms. The monoisotopic (exact) mass is 688 g/mol. The molecule has 0 radical (unpaired) electrons. The van der Waals surface area contributed by atoms with Crippen molar-refractivity contribution in [3.63, 3.8) is 0 Å². The number of fused-ring (bicyclic) bond motifs is 5. The molecule has 0 aliphatic carbocycles. The smallest absolute Gasteiger partial charge is 0.0619 e. The molecule has 2 nitrogen and oxygen atoms in total. The Morgan fingerprint density at radius 1 is 0.296 bits per heavy atom. The first kappa shape index (κ1) is 31.6. The van der Waals surface area contributed by atoms with E-state index in [9.17, 15) is 0 Å². The van der Waals surface area contributed by atoms with Crippen LogP contribution in [-0.4, -0.2) is 4.57 Å². The van der Waals surface area contributed by atoms with E-state index in [1.807, 2.05) is 0 Å². The molecule has 0 aliphatic heterocycles. The van der Waals surface area contributed by atoms with Crippen LogP contribution in [0.4, 0.5) is 17.1 Å². The van der Waals surface area contributed by atoms with Gasteiger partial charge in [-0.25, -0.2) is 0 Å². The molecular weight excluding hydrogens is 653 g/mol. The molecule has 0 spiro atoms. The molecule has 10 rings (SSSR count). The highest BCUT2D eigenvalue weighted by Crippen LogP contribution is 2.40. The fraction of sp³-hybridized carbons (Fsp3) is 0. The number of aromatic nitrogens is 1. The van der Waals surface area contributed by atoms with Crippen LogP contribution in [0.3, 0.4) is 0 Å². The summed E-state index contributed by atoms with van der Waals surface area (Å²) in [5.41, 5.74) is 14.1. The van der Waals surface area contributed by atoms with Gasteiger partial charge in [0.25, 0.3) is 0 Å². The molecule has 0 amide bonds. The van der Waals surface area contributed by atoms with Gasteiger partial charge in [-0.2, -0.15) is 0 Å². The highest BCUT2D eigenvalue weighted by molar-refractivity contribution is 6.18. The normalized spacial score (nSPS) is 11.3. The topological polar surface area (TPSA) is 8.17 Å². The molecule has 0 fully saturated rings. The fourth-order valence-electron chi connectivity index (χ4n) is 7.94. The Kier molecular flexibility index (Phi) is 7.85. The van der Waals surface area contributed by atoms with E-state index in [1.54, 1.807) is 0 Å². The number of hydrogen-bond acceptors (Lipinski definition) is 1. The van der Waals surface area contributed by atoms with Gasteiger partial charge in [0.05, 0.1) is 11.0 Å². The highest BCUT2D eigenvalue weighted by atomic mass is 15.1. The second-order valence-corrected chi connectivity index (χ2v) is 13.8. The lowest BCUT2D eigenvalue weighted by Gasteiger charge is -2.26. The molecule has 0 saturated heterocycles. The van der Waals surface area contributed by atoms with Gasteiger partial charge < -0.3 is 9.47 Å². The summed E-state index contributed by atoms with van der Waals surface area (Å²) < 4.78 is 2.42. The van der Waals surface area contributed by atoms with E-state index in [0.29, 0.717) is 0 Å². The maximum atomic E-state index is 2.42. The Morgan fingerprint density at radius 3 is 1.44 bits per heavy atom. The summed E-state index contributed by atoms with van der Waals surface area (Å²) in [6, 6.07) is 78.7. The van der Waals surface area contributed by atoms with Crippen LogP contribution < -0.4 is 4.90 Å². The third kappa shape index (κ3) is 5.62. The van der Waals surface area contributed by atoms with Crippen LogP contribution in [0.1, 0.15) is 0 Å². The maximum Gasteiger partial charge on any atom is 0.0619 e. The predicted octanol–water partition coefficient (Wildman–Crippen LogP) is 14.4. The van der Waals surface area contributed by atoms with Crippen molar-refractivity contribution in [2.75, 3.05) is 4.90 Å². The van der Waals surface area contributed by atoms with Gasteiger partial charge >= 0.3 is 0 Å². The molecule has 0 saturated carbocycles. The summed E-state index contributed by atoms with van der Waals surface area (Å²) in [5, 5.41) is 5.06. The predicted molar refractivity (Wildman–Crippen MR) is 229 cm³/mol. The Hall–Kier alpha value is -7.16. The van der Waals surface area contributed by atoms with E-state index in [-0.39, 0.29) is 0 Å². The minimum absolute atomic E-state index is 1.10. The molecule has 1 heterocycles. The third-order valence-corrected chi connectivity index (χ3v) is 10.6. The molecule has 9 aromatic carbocycles. The largest absolute Gasteiger partial charge is 0.310 e. The summed E-state index contributed by atoms with van der Waals surface area (Å²) in [4.78, 5) is 2.35. The van der Waals surface area contributed by atoms with Gasteiger partial charge in [0.1, 0.15) is 0 Å². The Morgan fingerprint density at radius 2 is 0.796 bits per heavy atom. The molecule has 1 aromatic heterocycles. The zero-order valence-electron chi connectivity index (χ0n) is 29.7. The van der Waals surface area contributed by atoms with Gasteiger partial charge in [-0.05, 0) is 93.4 Å². The van der Waals surface area contributed by atoms with E-state index < -0.39 is 0 Å². The van der Waals surface area contributed by atoms with E-state index in [2.05, 4.69) is 228 Å². The lowest BCUT2D eigenvalue weighted by molar-refractivity contribution is 1.19. The fourth-order valence-corrected chi connectivity index (χ4v) is 7.94. The Bertz CT molecular complexity index is 2890. The third-order valence-electron chi connectivity index (χ3n) is 10.6. The van der Waals surface area contributed by atoms with Gasteiger partial charge in [0, 0.05) is 38.9 Å². The molecular formula is C52H36N2. The van der Waals surface area contributed by atoms with E-state index in [4.69, 9.17) is 0 Å². The van der Waals surface area contributed by atoms with Gasteiger partial charge in [0.15, 0.2) is 0 Å². The molecule has 2 heteroatoms. The van der Waals surface area contributed by atoms with Crippen molar-refractivity contribution < 1.29 is 0 Å². The first-order valence-corrected chi connectivity index (χ1v) is 18.5. The van der Waals surface area contributed by atoms with Crippen molar-refractivity contribution in [2.45, 2.75) is 0 Å². The summed E-state index contributed by atoms with van der Waals surface area (Å²) in [7, 11) is 0. The standard InChI is InChI=1S/C52H36N2/c1-3-12-37(13-4-1)39-22-29-44(30-23-39)53(47-18-11-17-43(36-47)38-14-5-2-6-15-38)45-31-24-40(25-32-45)41-26-33-46(34-27-41)54-51-21-10-9-20-49(51)50-35-28-42-16-7-8-19-48(42)52(50)54/h1-36H. The zero-order valence-corrected chi connectivity index (χ0v) is 29.7. The van der Waals surface area contributed by atoms with Crippen LogP contribution in [0.15, 0.2) is 218 Å². The quantitative estimate of drug-likeness (QED) is 0.162. The van der Waals surface area contributed by atoms with Crippen molar-refractivity contribution in [3.05, 3.63) is 218 Å². The van der Waals surface area contributed by atoms with Crippen LogP contribution in [0, 0.1) is 0 Å². The molecule has 0 aliphatic rings. The van der Waals surface area contributed by atoms with E-state index in [0.717, 1.165) is 22.7 Å².